The molecule has 22 heteroatoms. The smallest absolute Gasteiger partial charge is 0.399 e. The largest absolute Gasteiger partial charge is 0.481 e. The van der Waals surface area contributed by atoms with Crippen LogP contribution in [-0.4, -0.2) is 72.4 Å². The van der Waals surface area contributed by atoms with Gasteiger partial charge in [0.1, 0.15) is 18.1 Å². The van der Waals surface area contributed by atoms with Gasteiger partial charge in [0.25, 0.3) is 5.91 Å². The van der Waals surface area contributed by atoms with Crippen molar-refractivity contribution in [2.24, 2.45) is 5.73 Å². The van der Waals surface area contributed by atoms with Crippen molar-refractivity contribution in [3.63, 3.8) is 0 Å². The number of benzene rings is 3. The number of hydrogen-bond acceptors (Lipinski definition) is 7. The molecule has 0 spiro atoms. The zero-order valence-electron chi connectivity index (χ0n) is 29.5. The van der Waals surface area contributed by atoms with Crippen molar-refractivity contribution >= 4 is 44.8 Å². The summed E-state index contributed by atoms with van der Waals surface area (Å²) in [4.78, 5) is 100. The van der Waals surface area contributed by atoms with E-state index in [1.165, 1.54) is 0 Å². The second-order valence-corrected chi connectivity index (χ2v) is 15.0. The SMILES string of the molecule is [3H]c1cc([3H])cc(C(=O)N[C@@H](CCC(=O)O)C(=O)N[C@@H](Cc2ccc(C(F)(F)P(=O)(O)O)cc2)C(=O)N[C@@H](Cc2ccc(C(F)(F)P(=O)(O)O)cc2)C(N)=O)c1. The Morgan fingerprint density at radius 1 is 0.685 bits per heavy atom. The molecule has 0 radical (unpaired) electrons. The van der Waals surface area contributed by atoms with Gasteiger partial charge in [0.15, 0.2) is 0 Å². The average Bonchev–Trinajstić information content (AvgIpc) is 3.08. The second kappa shape index (κ2) is 17.4. The van der Waals surface area contributed by atoms with Crippen LogP contribution in [0.4, 0.5) is 17.6 Å². The van der Waals surface area contributed by atoms with E-state index in [2.05, 4.69) is 16.0 Å². The van der Waals surface area contributed by atoms with Crippen LogP contribution in [0.15, 0.2) is 78.8 Å². The van der Waals surface area contributed by atoms with Gasteiger partial charge in [-0.05, 0) is 29.7 Å². The zero-order chi connectivity index (χ0) is 42.4. The highest BCUT2D eigenvalue weighted by molar-refractivity contribution is 7.52. The van der Waals surface area contributed by atoms with Crippen molar-refractivity contribution in [2.45, 2.75) is 55.1 Å². The Labute approximate surface area is 306 Å². The van der Waals surface area contributed by atoms with Crippen molar-refractivity contribution in [2.75, 3.05) is 0 Å². The van der Waals surface area contributed by atoms with Crippen LogP contribution in [0.25, 0.3) is 0 Å². The number of carboxylic acid groups (broad SMARTS) is 1. The van der Waals surface area contributed by atoms with E-state index < -0.39 is 111 Å². The molecule has 0 fully saturated rings. The van der Waals surface area contributed by atoms with Crippen molar-refractivity contribution in [3.05, 3.63) is 107 Å². The van der Waals surface area contributed by atoms with E-state index in [4.69, 9.17) is 28.0 Å². The molecule has 0 aromatic heterocycles. The standard InChI is InChI=1S/C32H34F4N4O12P2/c33-31(34,53(47,48)49)21-10-6-18(7-11-21)16-24(27(37)43)39-30(46)25(17-19-8-12-22(13-9-19)32(35,36)54(50,51)52)40-29(45)23(14-15-26(41)42)38-28(44)20-4-2-1-3-5-20/h1-13,23-25H,14-17H2,(H2,37,43)(H,38,44)(H,39,46)(H,40,45)(H,41,42)(H2,47,48,49)(H2,50,51,52)/t23-,24-,25-/m0/s1/i2T,3T. The minimum Gasteiger partial charge on any atom is -0.481 e. The van der Waals surface area contributed by atoms with Crippen LogP contribution in [0.3, 0.4) is 0 Å². The lowest BCUT2D eigenvalue weighted by atomic mass is 10.0. The normalized spacial score (nSPS) is 14.4. The maximum absolute atomic E-state index is 14.3. The van der Waals surface area contributed by atoms with E-state index in [0.717, 1.165) is 42.5 Å². The molecular weight excluding hydrogens is 770 g/mol. The number of aliphatic carboxylic acids is 1. The number of halogens is 4. The third-order valence-electron chi connectivity index (χ3n) is 7.68. The van der Waals surface area contributed by atoms with Crippen LogP contribution >= 0.6 is 15.2 Å². The first-order valence-corrected chi connectivity index (χ1v) is 18.5. The highest BCUT2D eigenvalue weighted by Crippen LogP contribution is 2.60. The Balaban J connectivity index is 1.95. The third kappa shape index (κ3) is 11.3. The molecule has 4 amide bonds. The summed E-state index contributed by atoms with van der Waals surface area (Å²) in [6.07, 6.45) is -2.36. The average molecular weight is 809 g/mol. The van der Waals surface area contributed by atoms with Crippen LogP contribution in [0.5, 0.6) is 0 Å². The number of carbonyl (C=O) groups excluding carboxylic acids is 4. The summed E-state index contributed by atoms with van der Waals surface area (Å²) in [5.41, 5.74) is -6.11. The first-order chi connectivity index (χ1) is 25.7. The predicted octanol–water partition coefficient (Wildman–Crippen LogP) is 2.04. The molecule has 0 aliphatic carbocycles. The van der Waals surface area contributed by atoms with E-state index in [1.54, 1.807) is 0 Å². The molecule has 3 aromatic rings. The first-order valence-electron chi connectivity index (χ1n) is 16.3. The van der Waals surface area contributed by atoms with Gasteiger partial charge >= 0.3 is 32.5 Å². The predicted molar refractivity (Wildman–Crippen MR) is 180 cm³/mol. The molecule has 16 nitrogen and oxygen atoms in total. The Bertz CT molecular complexity index is 2050. The molecule has 10 N–H and O–H groups in total. The van der Waals surface area contributed by atoms with Gasteiger partial charge in [0.2, 0.25) is 17.7 Å². The molecule has 0 heterocycles. The number of carboxylic acids is 1. The summed E-state index contributed by atoms with van der Waals surface area (Å²) in [5.74, 6) is -5.99. The number of hydrogen-bond donors (Lipinski definition) is 9. The van der Waals surface area contributed by atoms with Gasteiger partial charge < -0.3 is 46.4 Å². The number of primary amides is 1. The molecule has 292 valence electrons. The van der Waals surface area contributed by atoms with Gasteiger partial charge in [-0.2, -0.15) is 17.6 Å². The molecule has 0 aliphatic heterocycles. The fourth-order valence-electron chi connectivity index (χ4n) is 4.73. The molecule has 0 unspecified atom stereocenters. The van der Waals surface area contributed by atoms with Crippen LogP contribution in [0, 0.1) is 0 Å². The number of alkyl halides is 4. The highest BCUT2D eigenvalue weighted by Gasteiger charge is 2.51. The van der Waals surface area contributed by atoms with E-state index in [9.17, 15) is 55.8 Å². The summed E-state index contributed by atoms with van der Waals surface area (Å²) in [7, 11) is -11.9. The molecule has 0 bridgehead atoms. The third-order valence-corrected chi connectivity index (χ3v) is 9.66. The Morgan fingerprint density at radius 3 is 1.50 bits per heavy atom. The minimum atomic E-state index is -5.97. The van der Waals surface area contributed by atoms with Crippen molar-refractivity contribution in [1.82, 2.24) is 16.0 Å². The van der Waals surface area contributed by atoms with Gasteiger partial charge in [-0.15, -0.1) is 0 Å². The van der Waals surface area contributed by atoms with Gasteiger partial charge in [0, 0.05) is 36.0 Å². The number of rotatable bonds is 18. The highest BCUT2D eigenvalue weighted by atomic mass is 31.2. The van der Waals surface area contributed by atoms with E-state index in [0.29, 0.717) is 24.3 Å². The molecule has 3 atom stereocenters. The van der Waals surface area contributed by atoms with Crippen LogP contribution in [0.1, 0.15) is 48.2 Å². The number of carbonyl (C=O) groups is 5. The molecular formula is C32H34F4N4O12P2. The van der Waals surface area contributed by atoms with Gasteiger partial charge in [-0.25, -0.2) is 0 Å². The number of amides is 4. The van der Waals surface area contributed by atoms with Crippen molar-refractivity contribution in [1.29, 1.82) is 0 Å². The maximum Gasteiger partial charge on any atom is 0.399 e. The fourth-order valence-corrected chi connectivity index (χ4v) is 5.70. The summed E-state index contributed by atoms with van der Waals surface area (Å²) < 4.78 is 94.9. The van der Waals surface area contributed by atoms with Crippen molar-refractivity contribution in [3.8, 4) is 0 Å². The lowest BCUT2D eigenvalue weighted by Crippen LogP contribution is -2.57. The summed E-state index contributed by atoms with van der Waals surface area (Å²) >= 11 is 0. The molecule has 54 heavy (non-hydrogen) atoms. The lowest BCUT2D eigenvalue weighted by molar-refractivity contribution is -0.137. The summed E-state index contributed by atoms with van der Waals surface area (Å²) in [6.45, 7) is 0. The number of nitrogens with two attached hydrogens (primary N) is 1. The van der Waals surface area contributed by atoms with E-state index >= 15 is 0 Å². The van der Waals surface area contributed by atoms with E-state index in [1.807, 2.05) is 0 Å². The fraction of sp³-hybridized carbons (Fsp3) is 0.281. The van der Waals surface area contributed by atoms with Crippen molar-refractivity contribution < 1.29 is 78.1 Å². The molecule has 0 aliphatic rings. The maximum atomic E-state index is 14.3. The Morgan fingerprint density at radius 2 is 1.09 bits per heavy atom. The van der Waals surface area contributed by atoms with Crippen LogP contribution in [-0.2, 0) is 52.5 Å². The lowest BCUT2D eigenvalue weighted by Gasteiger charge is -2.25. The number of nitrogens with one attached hydrogen (secondary N) is 3. The summed E-state index contributed by atoms with van der Waals surface area (Å²) in [6, 6.07) is 3.96. The molecule has 3 rings (SSSR count). The Hall–Kier alpha value is -4.97. The van der Waals surface area contributed by atoms with Gasteiger partial charge in [-0.3, -0.25) is 33.1 Å². The molecule has 0 saturated carbocycles. The quantitative estimate of drug-likeness (QED) is 0.0660. The van der Waals surface area contributed by atoms with E-state index in [-0.39, 0.29) is 28.8 Å². The monoisotopic (exact) mass is 808 g/mol. The van der Waals surface area contributed by atoms with Crippen LogP contribution < -0.4 is 21.7 Å². The topological polar surface area (TPSA) is 283 Å². The van der Waals surface area contributed by atoms with Gasteiger partial charge in [-0.1, -0.05) is 66.7 Å². The first kappa shape index (κ1) is 40.2. The Kier molecular flexibility index (Phi) is 13.0. The van der Waals surface area contributed by atoms with Crippen LogP contribution in [0.2, 0.25) is 0 Å². The summed E-state index contributed by atoms with van der Waals surface area (Å²) in [5, 5.41) is 16.0. The molecule has 0 saturated heterocycles. The second-order valence-electron chi connectivity index (χ2n) is 11.7. The van der Waals surface area contributed by atoms with Gasteiger partial charge in [0.05, 0.1) is 2.74 Å². The molecule has 3 aromatic carbocycles. The minimum absolute atomic E-state index is 0.0192. The zero-order valence-corrected chi connectivity index (χ0v) is 29.3.